The molecule has 5 aromatic rings. The van der Waals surface area contributed by atoms with Crippen LogP contribution in [0.1, 0.15) is 106 Å². The molecular formula is C57H74ClN9O10S2. The van der Waals surface area contributed by atoms with Gasteiger partial charge in [0.25, 0.3) is 0 Å². The van der Waals surface area contributed by atoms with Crippen molar-refractivity contribution in [2.45, 2.75) is 110 Å². The predicted molar refractivity (Wildman–Crippen MR) is 304 cm³/mol. The van der Waals surface area contributed by atoms with Gasteiger partial charge in [0.05, 0.1) is 57.4 Å². The molecule has 1 saturated heterocycles. The zero-order valence-corrected chi connectivity index (χ0v) is 48.9. The van der Waals surface area contributed by atoms with E-state index in [2.05, 4.69) is 48.5 Å². The molecule has 0 bridgehead atoms. The van der Waals surface area contributed by atoms with Crippen LogP contribution >= 0.6 is 22.9 Å². The lowest BCUT2D eigenvalue weighted by Crippen LogP contribution is -2.58. The highest BCUT2D eigenvalue weighted by molar-refractivity contribution is 7.92. The number of nitrogens with zero attached hydrogens (tertiary/aromatic N) is 6. The summed E-state index contributed by atoms with van der Waals surface area (Å²) in [5, 5.41) is 27.0. The number of likely N-dealkylation sites (tertiary alicyclic amines) is 1. The van der Waals surface area contributed by atoms with Crippen LogP contribution in [0.4, 0.5) is 5.95 Å². The SMILES string of the molecule is Cc1ncsc1-c1ccc([C@H](CNC(=O)[C@H]2C[C@@H](O)CN2C(=O)[C@@H](NC(=O)COCCCOCCCCCOc2c(Cl)cc(C(C)(C)c3ccc(OCc4ccnc(NS(C)(=O)=O)n4)cc3)cc2C#N)C(C)(C)C)N(C)C)cc1. The van der Waals surface area contributed by atoms with Crippen molar-refractivity contribution in [3.8, 4) is 28.0 Å². The molecule has 4 N–H and O–H groups in total. The number of thiazole rings is 1. The number of rotatable bonds is 28. The van der Waals surface area contributed by atoms with Crippen LogP contribution < -0.4 is 24.8 Å². The first kappa shape index (κ1) is 62.0. The number of aryl methyl sites for hydroxylation is 1. The average Bonchev–Trinajstić information content (AvgIpc) is 4.11. The van der Waals surface area contributed by atoms with Gasteiger partial charge >= 0.3 is 0 Å². The molecule has 3 amide bonds. The van der Waals surface area contributed by atoms with E-state index in [1.807, 2.05) is 109 Å². The molecule has 0 unspecified atom stereocenters. The molecule has 4 atom stereocenters. The van der Waals surface area contributed by atoms with Crippen molar-refractivity contribution < 1.29 is 46.9 Å². The summed E-state index contributed by atoms with van der Waals surface area (Å²) in [5.74, 6) is -0.403. The lowest BCUT2D eigenvalue weighted by atomic mass is 9.77. The van der Waals surface area contributed by atoms with Crippen molar-refractivity contribution in [1.82, 2.24) is 35.4 Å². The summed E-state index contributed by atoms with van der Waals surface area (Å²) in [6.45, 7) is 13.2. The second-order valence-electron chi connectivity index (χ2n) is 21.4. The second kappa shape index (κ2) is 28.3. The number of likely N-dealkylation sites (N-methyl/N-ethyl adjacent to an activating group) is 1. The van der Waals surface area contributed by atoms with Crippen LogP contribution in [0, 0.1) is 23.7 Å². The van der Waals surface area contributed by atoms with Crippen molar-refractivity contribution in [3.05, 3.63) is 117 Å². The third kappa shape index (κ3) is 17.9. The Morgan fingerprint density at radius 1 is 0.924 bits per heavy atom. The molecule has 79 heavy (non-hydrogen) atoms. The van der Waals surface area contributed by atoms with E-state index in [1.165, 1.54) is 11.1 Å². The fourth-order valence-electron chi connectivity index (χ4n) is 9.03. The standard InChI is InChI=1S/C57H74ClN9O10S2/c1-37-51(78-36-62-37)39-16-14-38(15-17-39)48(66(7)8)32-61-53(70)47-30-44(68)33-67(47)54(71)52(56(2,3)4)64-49(69)35-75-26-13-25-74-24-11-10-12-27-76-50-40(31-59)28-42(29-46(50)58)57(5,6)41-18-20-45(21-19-41)77-34-43-22-23-60-55(63-43)65-79(9,72)73/h14-23,28-29,36,44,47-48,52,68H,10-13,24-27,30,32-35H2,1-9H3,(H,61,70)(H,64,69)(H,60,63,65)/t44-,47-,48+,52-/m1/s1. The van der Waals surface area contributed by atoms with E-state index in [4.69, 9.17) is 30.5 Å². The van der Waals surface area contributed by atoms with Crippen LogP contribution in [-0.4, -0.2) is 141 Å². The van der Waals surface area contributed by atoms with Gasteiger partial charge in [-0.1, -0.05) is 82.6 Å². The number of aliphatic hydroxyl groups is 1. The van der Waals surface area contributed by atoms with Gasteiger partial charge in [0.1, 0.15) is 37.1 Å². The summed E-state index contributed by atoms with van der Waals surface area (Å²) >= 11 is 8.33. The lowest BCUT2D eigenvalue weighted by Gasteiger charge is -2.35. The fourth-order valence-corrected chi connectivity index (χ4v) is 10.5. The largest absolute Gasteiger partial charge is 0.491 e. The molecule has 1 aliphatic heterocycles. The van der Waals surface area contributed by atoms with Gasteiger partial charge in [-0.2, -0.15) is 5.26 Å². The molecule has 22 heteroatoms. The molecule has 19 nitrogen and oxygen atoms in total. The van der Waals surface area contributed by atoms with Gasteiger partial charge in [-0.3, -0.25) is 19.1 Å². The summed E-state index contributed by atoms with van der Waals surface area (Å²) < 4.78 is 48.7. The van der Waals surface area contributed by atoms with E-state index < -0.39 is 50.9 Å². The number of hydrogen-bond acceptors (Lipinski definition) is 16. The summed E-state index contributed by atoms with van der Waals surface area (Å²) in [6, 6.07) is 21.2. The molecule has 1 aliphatic rings. The minimum absolute atomic E-state index is 0.0298. The predicted octanol–water partition coefficient (Wildman–Crippen LogP) is 7.59. The van der Waals surface area contributed by atoms with Crippen LogP contribution in [0.3, 0.4) is 0 Å². The number of unbranched alkanes of at least 4 members (excludes halogenated alkanes) is 2. The van der Waals surface area contributed by atoms with Gasteiger partial charge < -0.3 is 44.5 Å². The molecule has 426 valence electrons. The molecule has 0 saturated carbocycles. The van der Waals surface area contributed by atoms with Crippen LogP contribution in [0.2, 0.25) is 5.02 Å². The van der Waals surface area contributed by atoms with Crippen molar-refractivity contribution in [1.29, 1.82) is 5.26 Å². The molecule has 2 aromatic heterocycles. The maximum atomic E-state index is 14.1. The number of nitriles is 1. The molecule has 0 spiro atoms. The Morgan fingerprint density at radius 2 is 1.62 bits per heavy atom. The number of carbonyl (C=O) groups is 3. The minimum atomic E-state index is -3.52. The number of hydrogen-bond donors (Lipinski definition) is 4. The van der Waals surface area contributed by atoms with Crippen LogP contribution in [0.15, 0.2) is 78.4 Å². The van der Waals surface area contributed by atoms with E-state index in [1.54, 1.807) is 23.5 Å². The first-order valence-corrected chi connectivity index (χ1v) is 29.4. The highest BCUT2D eigenvalue weighted by atomic mass is 35.5. The van der Waals surface area contributed by atoms with Gasteiger partial charge in [-0.25, -0.2) is 23.4 Å². The van der Waals surface area contributed by atoms with Gasteiger partial charge in [0, 0.05) is 50.9 Å². The van der Waals surface area contributed by atoms with Crippen molar-refractivity contribution in [2.75, 3.05) is 71.2 Å². The molecule has 3 heterocycles. The van der Waals surface area contributed by atoms with Gasteiger partial charge in [-0.05, 0) is 105 Å². The highest BCUT2D eigenvalue weighted by Gasteiger charge is 2.44. The Bertz CT molecular complexity index is 3000. The number of halogens is 1. The number of benzene rings is 3. The number of aromatic nitrogens is 3. The number of aliphatic hydroxyl groups excluding tert-OH is 1. The molecule has 1 fully saturated rings. The summed E-state index contributed by atoms with van der Waals surface area (Å²) in [7, 11) is 0.359. The second-order valence-corrected chi connectivity index (χ2v) is 24.4. The Balaban J connectivity index is 0.867. The topological polar surface area (TPSA) is 248 Å². The minimum Gasteiger partial charge on any atom is -0.491 e. The Labute approximate surface area is 473 Å². The van der Waals surface area contributed by atoms with E-state index in [0.717, 1.165) is 51.9 Å². The number of amides is 3. The fraction of sp³-hybridized carbons (Fsp3) is 0.491. The molecule has 3 aromatic carbocycles. The maximum absolute atomic E-state index is 14.1. The van der Waals surface area contributed by atoms with Gasteiger partial charge in [-0.15, -0.1) is 11.3 Å². The van der Waals surface area contributed by atoms with Crippen LogP contribution in [0.25, 0.3) is 10.4 Å². The number of nitrogens with one attached hydrogen (secondary N) is 3. The van der Waals surface area contributed by atoms with E-state index in [0.29, 0.717) is 60.4 Å². The first-order valence-electron chi connectivity index (χ1n) is 26.2. The third-order valence-electron chi connectivity index (χ3n) is 13.5. The Hall–Kier alpha value is -6.25. The van der Waals surface area contributed by atoms with E-state index in [-0.39, 0.29) is 57.2 Å². The molecule has 6 rings (SSSR count). The van der Waals surface area contributed by atoms with Crippen LogP contribution in [-0.2, 0) is 45.9 Å². The maximum Gasteiger partial charge on any atom is 0.246 e. The summed E-state index contributed by atoms with van der Waals surface area (Å²) in [6.07, 6.45) is 4.53. The van der Waals surface area contributed by atoms with Crippen molar-refractivity contribution in [3.63, 3.8) is 0 Å². The number of carbonyl (C=O) groups excluding carboxylic acids is 3. The first-order chi connectivity index (χ1) is 37.4. The summed E-state index contributed by atoms with van der Waals surface area (Å²) in [5.41, 5.74) is 6.25. The third-order valence-corrected chi connectivity index (χ3v) is 15.3. The average molecular weight is 1140 g/mol. The molecule has 0 aliphatic carbocycles. The van der Waals surface area contributed by atoms with Crippen LogP contribution in [0.5, 0.6) is 11.5 Å². The smallest absolute Gasteiger partial charge is 0.246 e. The molecular weight excluding hydrogens is 1070 g/mol. The van der Waals surface area contributed by atoms with Gasteiger partial charge in [0.15, 0.2) is 5.75 Å². The zero-order chi connectivity index (χ0) is 57.5. The number of sulfonamides is 1. The molecule has 0 radical (unpaired) electrons. The van der Waals surface area contributed by atoms with E-state index >= 15 is 0 Å². The van der Waals surface area contributed by atoms with Crippen molar-refractivity contribution in [2.24, 2.45) is 5.41 Å². The monoisotopic (exact) mass is 1140 g/mol. The Kier molecular flexibility index (Phi) is 22.2. The normalized spacial score (nSPS) is 15.6. The zero-order valence-electron chi connectivity index (χ0n) is 46.5. The number of anilines is 1. The number of β-amino-alcohol motifs (C(OH)–C–C–N with tert-alkyl or cyclic N) is 1. The number of ether oxygens (including phenoxy) is 4. The quantitative estimate of drug-likeness (QED) is 0.0352. The summed E-state index contributed by atoms with van der Waals surface area (Å²) in [4.78, 5) is 58.0. The van der Waals surface area contributed by atoms with Gasteiger partial charge in [0.2, 0.25) is 33.7 Å². The Morgan fingerprint density at radius 3 is 2.28 bits per heavy atom. The lowest BCUT2D eigenvalue weighted by molar-refractivity contribution is -0.144. The highest BCUT2D eigenvalue weighted by Crippen LogP contribution is 2.39. The van der Waals surface area contributed by atoms with E-state index in [9.17, 15) is 33.2 Å². The van der Waals surface area contributed by atoms with Crippen molar-refractivity contribution >= 4 is 56.6 Å².